The Hall–Kier alpha value is -3.20. The number of nitrogens with one attached hydrogen (secondary N) is 1. The van der Waals surface area contributed by atoms with Gasteiger partial charge in [0.25, 0.3) is 5.91 Å². The zero-order chi connectivity index (χ0) is 17.6. The second kappa shape index (κ2) is 5.42. The van der Waals surface area contributed by atoms with E-state index in [1.54, 1.807) is 0 Å². The van der Waals surface area contributed by atoms with Crippen LogP contribution in [0.1, 0.15) is 28.7 Å². The normalized spacial score (nSPS) is 21.4. The van der Waals surface area contributed by atoms with E-state index >= 15 is 0 Å². The Morgan fingerprint density at radius 3 is 2.80 bits per heavy atom. The molecule has 6 heteroatoms. The summed E-state index contributed by atoms with van der Waals surface area (Å²) >= 11 is 0. The third-order valence-corrected chi connectivity index (χ3v) is 4.93. The molecule has 0 bridgehead atoms. The number of imide groups is 1. The van der Waals surface area contributed by atoms with Crippen LogP contribution in [-0.2, 0) is 23.3 Å². The molecule has 1 N–H and O–H groups in total. The fraction of sp³-hybridized carbons (Fsp3) is 0.211. The van der Waals surface area contributed by atoms with Gasteiger partial charge in [-0.3, -0.25) is 9.69 Å². The molecule has 3 amide bonds. The van der Waals surface area contributed by atoms with Gasteiger partial charge >= 0.3 is 6.03 Å². The molecular weight excluding hydrogens is 321 g/mol. The summed E-state index contributed by atoms with van der Waals surface area (Å²) < 4.78 is 14.1. The van der Waals surface area contributed by atoms with Crippen molar-refractivity contribution < 1.29 is 14.0 Å². The van der Waals surface area contributed by atoms with E-state index in [-0.39, 0.29) is 23.6 Å². The largest absolute Gasteiger partial charge is 0.325 e. The highest BCUT2D eigenvalue weighted by Crippen LogP contribution is 2.41. The minimum absolute atomic E-state index is 0.161. The number of nitriles is 1. The number of carbonyl (C=O) groups is 2. The number of fused-ring (bicyclic) bond motifs is 2. The van der Waals surface area contributed by atoms with Crippen LogP contribution in [0.15, 0.2) is 42.5 Å². The first-order chi connectivity index (χ1) is 12.0. The molecule has 2 aromatic rings. The van der Waals surface area contributed by atoms with Gasteiger partial charge in [-0.05, 0) is 36.1 Å². The zero-order valence-electron chi connectivity index (χ0n) is 13.3. The van der Waals surface area contributed by atoms with E-state index in [2.05, 4.69) is 5.32 Å². The van der Waals surface area contributed by atoms with Crippen LogP contribution in [0, 0.1) is 17.1 Å². The highest BCUT2D eigenvalue weighted by Gasteiger charge is 2.55. The van der Waals surface area contributed by atoms with Crippen LogP contribution in [-0.4, -0.2) is 16.8 Å². The molecule has 1 fully saturated rings. The molecule has 0 unspecified atom stereocenters. The first-order valence-electron chi connectivity index (χ1n) is 7.96. The Morgan fingerprint density at radius 1 is 1.24 bits per heavy atom. The number of hydrogen-bond acceptors (Lipinski definition) is 3. The molecule has 1 saturated heterocycles. The lowest BCUT2D eigenvalue weighted by Crippen LogP contribution is -2.41. The van der Waals surface area contributed by atoms with Crippen LogP contribution >= 0.6 is 0 Å². The Morgan fingerprint density at radius 2 is 2.04 bits per heavy atom. The minimum atomic E-state index is -1.04. The van der Waals surface area contributed by atoms with Crippen molar-refractivity contribution in [1.29, 1.82) is 5.26 Å². The van der Waals surface area contributed by atoms with Gasteiger partial charge in [0.2, 0.25) is 0 Å². The fourth-order valence-electron chi connectivity index (χ4n) is 3.65. The lowest BCUT2D eigenvalue weighted by Gasteiger charge is -2.22. The van der Waals surface area contributed by atoms with Gasteiger partial charge in [0.05, 0.1) is 18.2 Å². The summed E-state index contributed by atoms with van der Waals surface area (Å²) in [6, 6.07) is 12.9. The molecule has 2 aliphatic rings. The Balaban J connectivity index is 1.67. The van der Waals surface area contributed by atoms with Gasteiger partial charge in [0.1, 0.15) is 11.4 Å². The van der Waals surface area contributed by atoms with Gasteiger partial charge < -0.3 is 5.32 Å². The van der Waals surface area contributed by atoms with Crippen molar-refractivity contribution in [3.8, 4) is 6.07 Å². The van der Waals surface area contributed by atoms with Crippen LogP contribution in [0.25, 0.3) is 0 Å². The predicted octanol–water partition coefficient (Wildman–Crippen LogP) is 2.59. The molecule has 0 saturated carbocycles. The predicted molar refractivity (Wildman–Crippen MR) is 86.6 cm³/mol. The summed E-state index contributed by atoms with van der Waals surface area (Å²) in [6.07, 6.45) is 1.21. The fourth-order valence-corrected chi connectivity index (χ4v) is 3.65. The second-order valence-corrected chi connectivity index (χ2v) is 6.30. The van der Waals surface area contributed by atoms with E-state index in [4.69, 9.17) is 5.26 Å². The zero-order valence-corrected chi connectivity index (χ0v) is 13.3. The first-order valence-corrected chi connectivity index (χ1v) is 7.96. The monoisotopic (exact) mass is 335 g/mol. The quantitative estimate of drug-likeness (QED) is 0.857. The molecule has 25 heavy (non-hydrogen) atoms. The summed E-state index contributed by atoms with van der Waals surface area (Å²) in [6.45, 7) is -0.161. The second-order valence-electron chi connectivity index (χ2n) is 6.30. The lowest BCUT2D eigenvalue weighted by molar-refractivity contribution is -0.132. The summed E-state index contributed by atoms with van der Waals surface area (Å²) in [5.74, 6) is -0.960. The molecule has 1 atom stereocenters. The highest BCUT2D eigenvalue weighted by atomic mass is 19.1. The van der Waals surface area contributed by atoms with E-state index in [0.717, 1.165) is 22.1 Å². The van der Waals surface area contributed by atoms with Gasteiger partial charge in [0, 0.05) is 5.56 Å². The number of halogens is 1. The molecule has 1 spiro atoms. The maximum atomic E-state index is 14.1. The maximum Gasteiger partial charge on any atom is 0.325 e. The van der Waals surface area contributed by atoms with Gasteiger partial charge in [0.15, 0.2) is 0 Å². The van der Waals surface area contributed by atoms with E-state index in [9.17, 15) is 14.0 Å². The molecule has 4 rings (SSSR count). The Kier molecular flexibility index (Phi) is 3.32. The summed E-state index contributed by atoms with van der Waals surface area (Å²) in [5, 5.41) is 11.6. The van der Waals surface area contributed by atoms with Gasteiger partial charge in [-0.25, -0.2) is 9.18 Å². The van der Waals surface area contributed by atoms with Gasteiger partial charge in [-0.1, -0.05) is 30.3 Å². The summed E-state index contributed by atoms with van der Waals surface area (Å²) in [5.41, 5.74) is 1.21. The number of urea groups is 1. The number of aryl methyl sites for hydroxylation is 1. The SMILES string of the molecule is N#Cc1ccc(CN2C(=O)N[C@]3(CCc4ccccc43)C2=O)c(F)c1. The summed E-state index contributed by atoms with van der Waals surface area (Å²) in [4.78, 5) is 26.5. The molecule has 5 nitrogen and oxygen atoms in total. The lowest BCUT2D eigenvalue weighted by atomic mass is 9.92. The average molecular weight is 335 g/mol. The van der Waals surface area contributed by atoms with E-state index in [1.165, 1.54) is 12.1 Å². The van der Waals surface area contributed by atoms with Gasteiger partial charge in [-0.2, -0.15) is 5.26 Å². The van der Waals surface area contributed by atoms with Crippen molar-refractivity contribution in [1.82, 2.24) is 10.2 Å². The van der Waals surface area contributed by atoms with Crippen molar-refractivity contribution in [2.45, 2.75) is 24.9 Å². The molecule has 0 aromatic heterocycles. The number of carbonyl (C=O) groups excluding carboxylic acids is 2. The third kappa shape index (κ3) is 2.20. The number of amides is 3. The number of nitrogens with zero attached hydrogens (tertiary/aromatic N) is 2. The molecule has 1 aliphatic heterocycles. The van der Waals surface area contributed by atoms with Gasteiger partial charge in [-0.15, -0.1) is 0 Å². The number of rotatable bonds is 2. The van der Waals surface area contributed by atoms with E-state index in [1.807, 2.05) is 30.3 Å². The average Bonchev–Trinajstić information content (AvgIpc) is 3.10. The van der Waals surface area contributed by atoms with Crippen molar-refractivity contribution in [2.24, 2.45) is 0 Å². The molecule has 2 aromatic carbocycles. The molecule has 0 radical (unpaired) electrons. The van der Waals surface area contributed by atoms with Crippen molar-refractivity contribution in [2.75, 3.05) is 0 Å². The van der Waals surface area contributed by atoms with Crippen LogP contribution in [0.3, 0.4) is 0 Å². The smallest absolute Gasteiger partial charge is 0.319 e. The van der Waals surface area contributed by atoms with Crippen LogP contribution in [0.2, 0.25) is 0 Å². The van der Waals surface area contributed by atoms with Crippen molar-refractivity contribution in [3.63, 3.8) is 0 Å². The topological polar surface area (TPSA) is 73.2 Å². The standard InChI is InChI=1S/C19H14FN3O2/c20-16-9-12(10-21)5-6-14(16)11-23-17(24)19(22-18(23)25)8-7-13-3-1-2-4-15(13)19/h1-6,9H,7-8,11H2,(H,22,25)/t19-/m0/s1. The Bertz CT molecular complexity index is 950. The maximum absolute atomic E-state index is 14.1. The molecule has 1 heterocycles. The molecule has 1 aliphatic carbocycles. The van der Waals surface area contributed by atoms with Crippen LogP contribution in [0.4, 0.5) is 9.18 Å². The summed E-state index contributed by atoms with van der Waals surface area (Å²) in [7, 11) is 0. The van der Waals surface area contributed by atoms with Crippen LogP contribution in [0.5, 0.6) is 0 Å². The number of hydrogen-bond donors (Lipinski definition) is 1. The molecule has 124 valence electrons. The third-order valence-electron chi connectivity index (χ3n) is 4.93. The minimum Gasteiger partial charge on any atom is -0.319 e. The van der Waals surface area contributed by atoms with Crippen LogP contribution < -0.4 is 5.32 Å². The number of benzene rings is 2. The molecular formula is C19H14FN3O2. The van der Waals surface area contributed by atoms with Crippen molar-refractivity contribution >= 4 is 11.9 Å². The first kappa shape index (κ1) is 15.3. The van der Waals surface area contributed by atoms with E-state index in [0.29, 0.717) is 12.8 Å². The van der Waals surface area contributed by atoms with Crippen molar-refractivity contribution in [3.05, 3.63) is 70.5 Å². The van der Waals surface area contributed by atoms with E-state index < -0.39 is 17.4 Å². The Labute approximate surface area is 143 Å². The highest BCUT2D eigenvalue weighted by molar-refractivity contribution is 6.08.